The summed E-state index contributed by atoms with van der Waals surface area (Å²) in [6.07, 6.45) is 4.70. The number of carbonyl (C=O) groups is 2. The second-order valence-electron chi connectivity index (χ2n) is 5.56. The summed E-state index contributed by atoms with van der Waals surface area (Å²) in [7, 11) is 1.43. The lowest BCUT2D eigenvalue weighted by Crippen LogP contribution is -2.42. The lowest BCUT2D eigenvalue weighted by molar-refractivity contribution is -0.131. The standard InChI is InChI=1S/C16H20F2N2O2/c1-19-16(22)14(11-7-8-12(17)13(18)9-11)20-15(21)10-5-3-2-4-6-10/h7-10,14H,2-6H2,1H3,(H,19,22)(H,20,21). The SMILES string of the molecule is CNC(=O)C(NC(=O)C1CCCCC1)c1ccc(F)c(F)c1. The molecule has 0 saturated heterocycles. The zero-order valence-electron chi connectivity index (χ0n) is 12.5. The van der Waals surface area contributed by atoms with Gasteiger partial charge in [0, 0.05) is 13.0 Å². The minimum absolute atomic E-state index is 0.119. The first-order valence-corrected chi connectivity index (χ1v) is 7.50. The topological polar surface area (TPSA) is 58.2 Å². The van der Waals surface area contributed by atoms with Crippen molar-refractivity contribution in [2.24, 2.45) is 5.92 Å². The molecule has 2 N–H and O–H groups in total. The Balaban J connectivity index is 2.16. The Bertz CT molecular complexity index is 557. The third-order valence-electron chi connectivity index (χ3n) is 4.05. The van der Waals surface area contributed by atoms with Gasteiger partial charge in [0.1, 0.15) is 6.04 Å². The molecule has 2 rings (SSSR count). The van der Waals surface area contributed by atoms with E-state index < -0.39 is 23.6 Å². The van der Waals surface area contributed by atoms with E-state index in [-0.39, 0.29) is 17.4 Å². The van der Waals surface area contributed by atoms with E-state index in [0.717, 1.165) is 44.2 Å². The molecule has 120 valence electrons. The summed E-state index contributed by atoms with van der Waals surface area (Å²) >= 11 is 0. The largest absolute Gasteiger partial charge is 0.357 e. The summed E-state index contributed by atoms with van der Waals surface area (Å²) in [5.41, 5.74) is 0.224. The van der Waals surface area contributed by atoms with Crippen LogP contribution in [0.5, 0.6) is 0 Å². The molecule has 0 heterocycles. The van der Waals surface area contributed by atoms with Crippen LogP contribution in [-0.2, 0) is 9.59 Å². The van der Waals surface area contributed by atoms with Gasteiger partial charge in [0.2, 0.25) is 11.8 Å². The summed E-state index contributed by atoms with van der Waals surface area (Å²) in [6.45, 7) is 0. The number of rotatable bonds is 4. The second kappa shape index (κ2) is 7.33. The van der Waals surface area contributed by atoms with Crippen molar-refractivity contribution in [1.29, 1.82) is 0 Å². The molecule has 2 amide bonds. The molecule has 0 bridgehead atoms. The number of hydrogen-bond acceptors (Lipinski definition) is 2. The van der Waals surface area contributed by atoms with E-state index in [0.29, 0.717) is 0 Å². The maximum Gasteiger partial charge on any atom is 0.246 e. The molecule has 0 aromatic heterocycles. The molecule has 0 spiro atoms. The van der Waals surface area contributed by atoms with Crippen LogP contribution in [0.1, 0.15) is 43.7 Å². The Morgan fingerprint density at radius 1 is 1.14 bits per heavy atom. The number of nitrogens with one attached hydrogen (secondary N) is 2. The Morgan fingerprint density at radius 2 is 1.82 bits per heavy atom. The first kappa shape index (κ1) is 16.4. The molecule has 6 heteroatoms. The van der Waals surface area contributed by atoms with Gasteiger partial charge in [0.25, 0.3) is 0 Å². The van der Waals surface area contributed by atoms with Crippen LogP contribution in [0.25, 0.3) is 0 Å². The van der Waals surface area contributed by atoms with E-state index in [4.69, 9.17) is 0 Å². The van der Waals surface area contributed by atoms with Gasteiger partial charge >= 0.3 is 0 Å². The molecule has 1 aliphatic rings. The third kappa shape index (κ3) is 3.81. The van der Waals surface area contributed by atoms with Crippen molar-refractivity contribution < 1.29 is 18.4 Å². The third-order valence-corrected chi connectivity index (χ3v) is 4.05. The number of amides is 2. The van der Waals surface area contributed by atoms with Crippen molar-refractivity contribution >= 4 is 11.8 Å². The van der Waals surface area contributed by atoms with Crippen LogP contribution in [-0.4, -0.2) is 18.9 Å². The molecule has 4 nitrogen and oxygen atoms in total. The monoisotopic (exact) mass is 310 g/mol. The Hall–Kier alpha value is -1.98. The van der Waals surface area contributed by atoms with Crippen LogP contribution in [0, 0.1) is 17.6 Å². The molecule has 0 aliphatic heterocycles. The van der Waals surface area contributed by atoms with Crippen molar-refractivity contribution in [3.8, 4) is 0 Å². The van der Waals surface area contributed by atoms with E-state index in [2.05, 4.69) is 10.6 Å². The number of likely N-dealkylation sites (N-methyl/N-ethyl adjacent to an activating group) is 1. The summed E-state index contributed by atoms with van der Waals surface area (Å²) < 4.78 is 26.4. The number of hydrogen-bond donors (Lipinski definition) is 2. The summed E-state index contributed by atoms with van der Waals surface area (Å²) in [4.78, 5) is 24.3. The van der Waals surface area contributed by atoms with Crippen molar-refractivity contribution in [3.05, 3.63) is 35.4 Å². The molecular formula is C16H20F2N2O2. The maximum atomic E-state index is 13.4. The van der Waals surface area contributed by atoms with Crippen molar-refractivity contribution in [3.63, 3.8) is 0 Å². The fraction of sp³-hybridized carbons (Fsp3) is 0.500. The minimum atomic E-state index is -1.04. The minimum Gasteiger partial charge on any atom is -0.357 e. The van der Waals surface area contributed by atoms with Gasteiger partial charge in [-0.2, -0.15) is 0 Å². The van der Waals surface area contributed by atoms with Crippen LogP contribution >= 0.6 is 0 Å². The van der Waals surface area contributed by atoms with E-state index in [1.54, 1.807) is 0 Å². The molecule has 22 heavy (non-hydrogen) atoms. The predicted molar refractivity (Wildman–Crippen MR) is 77.9 cm³/mol. The van der Waals surface area contributed by atoms with Crippen LogP contribution in [0.15, 0.2) is 18.2 Å². The summed E-state index contributed by atoms with van der Waals surface area (Å²) in [5.74, 6) is -2.82. The molecule has 1 saturated carbocycles. The van der Waals surface area contributed by atoms with E-state index >= 15 is 0 Å². The molecule has 1 aromatic rings. The number of halogens is 2. The van der Waals surface area contributed by atoms with Gasteiger partial charge in [-0.25, -0.2) is 8.78 Å². The van der Waals surface area contributed by atoms with Gasteiger partial charge in [0.15, 0.2) is 11.6 Å². The lowest BCUT2D eigenvalue weighted by atomic mass is 9.88. The van der Waals surface area contributed by atoms with Crippen molar-refractivity contribution in [1.82, 2.24) is 10.6 Å². The highest BCUT2D eigenvalue weighted by molar-refractivity contribution is 5.89. The number of carbonyl (C=O) groups excluding carboxylic acids is 2. The molecule has 1 aromatic carbocycles. The van der Waals surface area contributed by atoms with Crippen LogP contribution in [0.4, 0.5) is 8.78 Å². The Labute approximate surface area is 128 Å². The highest BCUT2D eigenvalue weighted by atomic mass is 19.2. The average molecular weight is 310 g/mol. The molecule has 1 atom stereocenters. The molecule has 1 aliphatic carbocycles. The van der Waals surface area contributed by atoms with Gasteiger partial charge in [0.05, 0.1) is 0 Å². The van der Waals surface area contributed by atoms with Crippen molar-refractivity contribution in [2.75, 3.05) is 7.05 Å². The summed E-state index contributed by atoms with van der Waals surface area (Å²) in [5, 5.41) is 5.10. The van der Waals surface area contributed by atoms with Gasteiger partial charge in [-0.1, -0.05) is 25.3 Å². The first-order valence-electron chi connectivity index (χ1n) is 7.50. The van der Waals surface area contributed by atoms with Gasteiger partial charge in [-0.15, -0.1) is 0 Å². The maximum absolute atomic E-state index is 13.4. The fourth-order valence-electron chi connectivity index (χ4n) is 2.76. The smallest absolute Gasteiger partial charge is 0.246 e. The lowest BCUT2D eigenvalue weighted by Gasteiger charge is -2.24. The normalized spacial score (nSPS) is 16.9. The Morgan fingerprint density at radius 3 is 2.41 bits per heavy atom. The average Bonchev–Trinajstić information content (AvgIpc) is 2.55. The van der Waals surface area contributed by atoms with Crippen LogP contribution < -0.4 is 10.6 Å². The van der Waals surface area contributed by atoms with E-state index in [9.17, 15) is 18.4 Å². The molecule has 1 fully saturated rings. The zero-order chi connectivity index (χ0) is 16.1. The highest BCUT2D eigenvalue weighted by Crippen LogP contribution is 2.25. The fourth-order valence-corrected chi connectivity index (χ4v) is 2.76. The van der Waals surface area contributed by atoms with Crippen LogP contribution in [0.2, 0.25) is 0 Å². The van der Waals surface area contributed by atoms with E-state index in [1.807, 2.05) is 0 Å². The summed E-state index contributed by atoms with van der Waals surface area (Å²) in [6, 6.07) is 2.18. The second-order valence-corrected chi connectivity index (χ2v) is 5.56. The Kier molecular flexibility index (Phi) is 5.46. The highest BCUT2D eigenvalue weighted by Gasteiger charge is 2.27. The van der Waals surface area contributed by atoms with Crippen LogP contribution in [0.3, 0.4) is 0 Å². The zero-order valence-corrected chi connectivity index (χ0v) is 12.5. The molecule has 1 unspecified atom stereocenters. The van der Waals surface area contributed by atoms with Gasteiger partial charge in [-0.3, -0.25) is 9.59 Å². The van der Waals surface area contributed by atoms with Crippen molar-refractivity contribution in [2.45, 2.75) is 38.1 Å². The molecular weight excluding hydrogens is 290 g/mol. The van der Waals surface area contributed by atoms with Gasteiger partial charge in [-0.05, 0) is 30.5 Å². The number of benzene rings is 1. The first-order chi connectivity index (χ1) is 10.5. The quantitative estimate of drug-likeness (QED) is 0.897. The predicted octanol–water partition coefficient (Wildman–Crippen LogP) is 2.45. The molecule has 0 radical (unpaired) electrons. The van der Waals surface area contributed by atoms with Gasteiger partial charge < -0.3 is 10.6 Å². The van der Waals surface area contributed by atoms with E-state index in [1.165, 1.54) is 13.1 Å².